The molecule has 0 saturated carbocycles. The molecule has 32 heavy (non-hydrogen) atoms. The summed E-state index contributed by atoms with van der Waals surface area (Å²) >= 11 is 0. The number of rotatable bonds is 3. The molecule has 0 spiro atoms. The maximum absolute atomic E-state index is 13.0. The standard InChI is InChI=1S/C23H29NO8/c1-3-4-9-5-6-10-8(2)13-16(19(28)14(10)17(9)26)21(30)23(32)11(18(13)27)7-12(25)15(20(23)29)22(24)31/h8,11,13,18-19,25-28,30,32H,3-7H2,1-2H3,(H2,24,31). The zero-order valence-electron chi connectivity index (χ0n) is 18.0. The van der Waals surface area contributed by atoms with Gasteiger partial charge in [0, 0.05) is 29.4 Å². The lowest BCUT2D eigenvalue weighted by atomic mass is 9.55. The van der Waals surface area contributed by atoms with Gasteiger partial charge in [0.05, 0.1) is 6.10 Å². The normalized spacial score (nSPS) is 37.4. The van der Waals surface area contributed by atoms with E-state index >= 15 is 0 Å². The van der Waals surface area contributed by atoms with E-state index in [9.17, 15) is 40.2 Å². The van der Waals surface area contributed by atoms with Crippen LogP contribution in [0.1, 0.15) is 46.0 Å². The summed E-state index contributed by atoms with van der Waals surface area (Å²) in [4.78, 5) is 24.7. The van der Waals surface area contributed by atoms with Crippen LogP contribution in [0.2, 0.25) is 0 Å². The number of Topliss-reactive ketones (excluding diaryl/α,β-unsaturated/α-hetero) is 1. The van der Waals surface area contributed by atoms with Crippen molar-refractivity contribution in [1.29, 1.82) is 0 Å². The Morgan fingerprint density at radius 3 is 2.44 bits per heavy atom. The molecule has 9 nitrogen and oxygen atoms in total. The van der Waals surface area contributed by atoms with Gasteiger partial charge < -0.3 is 36.4 Å². The molecule has 0 aromatic heterocycles. The summed E-state index contributed by atoms with van der Waals surface area (Å²) in [5.41, 5.74) is 3.22. The quantitative estimate of drug-likeness (QED) is 0.314. The Hall–Kier alpha value is -2.62. The topological polar surface area (TPSA) is 182 Å². The minimum Gasteiger partial charge on any atom is -0.511 e. The lowest BCUT2D eigenvalue weighted by molar-refractivity contribution is -0.156. The molecule has 6 atom stereocenters. The first-order valence-corrected chi connectivity index (χ1v) is 10.9. The van der Waals surface area contributed by atoms with Crippen LogP contribution in [-0.2, 0) is 9.59 Å². The second-order valence-corrected chi connectivity index (χ2v) is 9.24. The smallest absolute Gasteiger partial charge is 0.255 e. The minimum absolute atomic E-state index is 0.0554. The maximum atomic E-state index is 13.0. The molecule has 4 aliphatic rings. The lowest BCUT2D eigenvalue weighted by Gasteiger charge is -2.52. The van der Waals surface area contributed by atoms with Gasteiger partial charge in [-0.3, -0.25) is 9.59 Å². The van der Waals surface area contributed by atoms with Crippen molar-refractivity contribution in [2.75, 3.05) is 0 Å². The number of nitrogens with two attached hydrogens (primary N) is 1. The molecule has 0 bridgehead atoms. The molecule has 9 heteroatoms. The first kappa shape index (κ1) is 22.6. The molecular formula is C23H29NO8. The highest BCUT2D eigenvalue weighted by atomic mass is 16.4. The summed E-state index contributed by atoms with van der Waals surface area (Å²) in [6.45, 7) is 3.76. The molecule has 0 aromatic carbocycles. The Kier molecular flexibility index (Phi) is 5.27. The Morgan fingerprint density at radius 2 is 1.84 bits per heavy atom. The number of aliphatic hydroxyl groups is 6. The van der Waals surface area contributed by atoms with Crippen molar-refractivity contribution < 1.29 is 40.2 Å². The number of hydrogen-bond acceptors (Lipinski definition) is 8. The monoisotopic (exact) mass is 447 g/mol. The summed E-state index contributed by atoms with van der Waals surface area (Å²) in [7, 11) is 0. The second kappa shape index (κ2) is 7.47. The Morgan fingerprint density at radius 1 is 1.19 bits per heavy atom. The fourth-order valence-corrected chi connectivity index (χ4v) is 6.12. The highest BCUT2D eigenvalue weighted by Crippen LogP contribution is 2.56. The van der Waals surface area contributed by atoms with Gasteiger partial charge >= 0.3 is 0 Å². The minimum atomic E-state index is -2.74. The van der Waals surface area contributed by atoms with Crippen LogP contribution in [0, 0.1) is 17.8 Å². The number of hydrogen-bond donors (Lipinski definition) is 7. The zero-order valence-corrected chi connectivity index (χ0v) is 18.0. The van der Waals surface area contributed by atoms with Crippen LogP contribution in [0.5, 0.6) is 0 Å². The average Bonchev–Trinajstić information content (AvgIpc) is 2.72. The third-order valence-corrected chi connectivity index (χ3v) is 7.67. The molecule has 8 N–H and O–H groups in total. The number of fused-ring (bicyclic) bond motifs is 2. The lowest BCUT2D eigenvalue weighted by Crippen LogP contribution is -2.63. The van der Waals surface area contributed by atoms with Crippen molar-refractivity contribution in [2.24, 2.45) is 23.5 Å². The SMILES string of the molecule is CCCC1=C(O)C2=C(CC1)C(C)C1C(=C(O)C3(O)C(=O)C(C(N)=O)=C(O)CC3C1O)C2O. The van der Waals surface area contributed by atoms with Gasteiger partial charge in [0.1, 0.15) is 29.0 Å². The molecule has 0 aromatic rings. The number of amides is 1. The van der Waals surface area contributed by atoms with Crippen molar-refractivity contribution in [3.05, 3.63) is 45.1 Å². The van der Waals surface area contributed by atoms with Gasteiger partial charge in [-0.1, -0.05) is 25.8 Å². The molecule has 0 radical (unpaired) electrons. The van der Waals surface area contributed by atoms with E-state index in [1.165, 1.54) is 0 Å². The van der Waals surface area contributed by atoms with E-state index in [1.807, 2.05) is 6.92 Å². The van der Waals surface area contributed by atoms with Crippen molar-refractivity contribution in [1.82, 2.24) is 0 Å². The van der Waals surface area contributed by atoms with Crippen LogP contribution >= 0.6 is 0 Å². The summed E-state index contributed by atoms with van der Waals surface area (Å²) in [6.07, 6.45) is -0.816. The highest BCUT2D eigenvalue weighted by molar-refractivity contribution is 6.23. The largest absolute Gasteiger partial charge is 0.511 e. The molecule has 0 fully saturated rings. The number of carbonyl (C=O) groups is 2. The molecule has 6 unspecified atom stereocenters. The van der Waals surface area contributed by atoms with Crippen molar-refractivity contribution in [3.8, 4) is 0 Å². The Bertz CT molecular complexity index is 1030. The van der Waals surface area contributed by atoms with Crippen LogP contribution in [0.15, 0.2) is 45.1 Å². The molecule has 174 valence electrons. The van der Waals surface area contributed by atoms with Crippen molar-refractivity contribution >= 4 is 11.7 Å². The number of ketones is 1. The summed E-state index contributed by atoms with van der Waals surface area (Å²) in [6, 6.07) is 0. The number of aliphatic hydroxyl groups excluding tert-OH is 5. The number of primary amides is 1. The van der Waals surface area contributed by atoms with Gasteiger partial charge in [0.2, 0.25) is 5.78 Å². The van der Waals surface area contributed by atoms with Gasteiger partial charge in [0.25, 0.3) is 5.91 Å². The highest BCUT2D eigenvalue weighted by Gasteiger charge is 2.64. The molecule has 4 rings (SSSR count). The summed E-state index contributed by atoms with van der Waals surface area (Å²) < 4.78 is 0. The average molecular weight is 447 g/mol. The Labute approximate surface area is 184 Å². The molecule has 0 heterocycles. The number of carbonyl (C=O) groups excluding carboxylic acids is 2. The van der Waals surface area contributed by atoms with Gasteiger partial charge in [-0.15, -0.1) is 0 Å². The predicted molar refractivity (Wildman–Crippen MR) is 112 cm³/mol. The fraction of sp³-hybridized carbons (Fsp3) is 0.565. The predicted octanol–water partition coefficient (Wildman–Crippen LogP) is 1.12. The van der Waals surface area contributed by atoms with E-state index in [0.717, 1.165) is 17.6 Å². The van der Waals surface area contributed by atoms with Crippen molar-refractivity contribution in [2.45, 2.75) is 63.8 Å². The number of allylic oxidation sites excluding steroid dienone is 3. The summed E-state index contributed by atoms with van der Waals surface area (Å²) in [5.74, 6) is -6.79. The van der Waals surface area contributed by atoms with Crippen LogP contribution in [0.3, 0.4) is 0 Å². The van der Waals surface area contributed by atoms with Gasteiger partial charge in [-0.25, -0.2) is 0 Å². The summed E-state index contributed by atoms with van der Waals surface area (Å²) in [5, 5.41) is 66.0. The zero-order chi connectivity index (χ0) is 23.7. The molecule has 1 amide bonds. The molecule has 0 aliphatic heterocycles. The fourth-order valence-electron chi connectivity index (χ4n) is 6.12. The van der Waals surface area contributed by atoms with Gasteiger partial charge in [-0.05, 0) is 30.8 Å². The van der Waals surface area contributed by atoms with E-state index in [1.54, 1.807) is 6.92 Å². The van der Waals surface area contributed by atoms with Gasteiger partial charge in [0.15, 0.2) is 5.60 Å². The van der Waals surface area contributed by atoms with Gasteiger partial charge in [-0.2, -0.15) is 0 Å². The first-order chi connectivity index (χ1) is 15.0. The molecular weight excluding hydrogens is 418 g/mol. The first-order valence-electron chi connectivity index (χ1n) is 10.9. The molecule has 0 saturated heterocycles. The van der Waals surface area contributed by atoms with E-state index in [2.05, 4.69) is 0 Å². The van der Waals surface area contributed by atoms with E-state index in [4.69, 9.17) is 5.73 Å². The Balaban J connectivity index is 1.92. The van der Waals surface area contributed by atoms with Crippen molar-refractivity contribution in [3.63, 3.8) is 0 Å². The molecule has 4 aliphatic carbocycles. The van der Waals surface area contributed by atoms with E-state index in [0.29, 0.717) is 19.3 Å². The van der Waals surface area contributed by atoms with Crippen LogP contribution in [0.25, 0.3) is 0 Å². The van der Waals surface area contributed by atoms with Crippen LogP contribution < -0.4 is 5.73 Å². The third kappa shape index (κ3) is 2.74. The van der Waals surface area contributed by atoms with E-state index < -0.39 is 70.8 Å². The maximum Gasteiger partial charge on any atom is 0.255 e. The second-order valence-electron chi connectivity index (χ2n) is 9.24. The van der Waals surface area contributed by atoms with Crippen LogP contribution in [0.4, 0.5) is 0 Å². The van der Waals surface area contributed by atoms with Crippen LogP contribution in [-0.4, -0.2) is 60.1 Å². The van der Waals surface area contributed by atoms with E-state index in [-0.39, 0.29) is 16.9 Å². The third-order valence-electron chi connectivity index (χ3n) is 7.67.